The Morgan fingerprint density at radius 2 is 2.08 bits per heavy atom. The quantitative estimate of drug-likeness (QED) is 0.769. The number of fused-ring (bicyclic) bond motifs is 1. The Morgan fingerprint density at radius 1 is 1.25 bits per heavy atom. The normalized spacial score (nSPS) is 23.8. The highest BCUT2D eigenvalue weighted by atomic mass is 16.6. The van der Waals surface area contributed by atoms with E-state index in [1.807, 2.05) is 24.3 Å². The molecule has 2 aromatic heterocycles. The number of benzene rings is 1. The molecule has 4 rings (SSSR count). The number of hydrogen-bond donors (Lipinski definition) is 2. The van der Waals surface area contributed by atoms with Gasteiger partial charge >= 0.3 is 0 Å². The smallest absolute Gasteiger partial charge is 0.210 e. The lowest BCUT2D eigenvalue weighted by Gasteiger charge is -2.23. The average molecular weight is 324 g/mol. The van der Waals surface area contributed by atoms with Gasteiger partial charge in [0.05, 0.1) is 6.10 Å². The molecule has 0 radical (unpaired) electrons. The topological polar surface area (TPSA) is 85.7 Å². The lowest BCUT2D eigenvalue weighted by atomic mass is 10.0. The second kappa shape index (κ2) is 5.89. The molecule has 3 heterocycles. The molecule has 1 saturated heterocycles. The molecule has 6 nitrogen and oxygen atoms in total. The highest BCUT2D eigenvalue weighted by Crippen LogP contribution is 2.39. The minimum atomic E-state index is -1.32. The Labute approximate surface area is 139 Å². The van der Waals surface area contributed by atoms with Gasteiger partial charge in [0, 0.05) is 6.42 Å². The van der Waals surface area contributed by atoms with Crippen LogP contribution < -0.4 is 5.73 Å². The van der Waals surface area contributed by atoms with Crippen LogP contribution in [-0.2, 0) is 16.9 Å². The van der Waals surface area contributed by atoms with Crippen molar-refractivity contribution in [3.63, 3.8) is 0 Å². The van der Waals surface area contributed by atoms with Gasteiger partial charge in [-0.3, -0.25) is 0 Å². The molecule has 0 aliphatic carbocycles. The molecule has 24 heavy (non-hydrogen) atoms. The van der Waals surface area contributed by atoms with Crippen LogP contribution in [0.1, 0.15) is 30.5 Å². The average Bonchev–Trinajstić information content (AvgIpc) is 3.20. The summed E-state index contributed by atoms with van der Waals surface area (Å²) in [6.45, 7) is 0. The van der Waals surface area contributed by atoms with Gasteiger partial charge < -0.3 is 15.6 Å². The van der Waals surface area contributed by atoms with Gasteiger partial charge in [0.2, 0.25) is 5.79 Å². The van der Waals surface area contributed by atoms with Crippen molar-refractivity contribution in [3.05, 3.63) is 60.0 Å². The second-order valence-corrected chi connectivity index (χ2v) is 6.25. The molecule has 3 N–H and O–H groups in total. The van der Waals surface area contributed by atoms with Crippen LogP contribution in [0.5, 0.6) is 0 Å². The zero-order chi connectivity index (χ0) is 16.6. The van der Waals surface area contributed by atoms with Gasteiger partial charge in [-0.05, 0) is 37.0 Å². The number of hydrogen-bond acceptors (Lipinski definition) is 5. The molecule has 0 spiro atoms. The minimum Gasteiger partial charge on any atom is -0.382 e. The molecule has 1 fully saturated rings. The van der Waals surface area contributed by atoms with E-state index >= 15 is 0 Å². The fourth-order valence-corrected chi connectivity index (χ4v) is 3.36. The largest absolute Gasteiger partial charge is 0.382 e. The van der Waals surface area contributed by atoms with Gasteiger partial charge in [-0.1, -0.05) is 30.3 Å². The Kier molecular flexibility index (Phi) is 3.70. The van der Waals surface area contributed by atoms with E-state index in [0.29, 0.717) is 23.4 Å². The van der Waals surface area contributed by atoms with E-state index in [1.54, 1.807) is 10.6 Å². The summed E-state index contributed by atoms with van der Waals surface area (Å²) in [6, 6.07) is 13.9. The number of nitrogens with zero attached hydrogens (tertiary/aromatic N) is 3. The molecule has 1 aliphatic heterocycles. The first-order valence-electron chi connectivity index (χ1n) is 8.18. The molecule has 1 aliphatic rings. The van der Waals surface area contributed by atoms with E-state index in [1.165, 1.54) is 11.9 Å². The first kappa shape index (κ1) is 15.1. The van der Waals surface area contributed by atoms with E-state index in [4.69, 9.17) is 10.5 Å². The SMILES string of the molecule is Nc1ncnn2c(C3(O)CCC(CCc4ccccc4)O3)ccc12. The lowest BCUT2D eigenvalue weighted by Crippen LogP contribution is -2.28. The zero-order valence-electron chi connectivity index (χ0n) is 13.3. The van der Waals surface area contributed by atoms with Crippen molar-refractivity contribution in [2.75, 3.05) is 5.73 Å². The second-order valence-electron chi connectivity index (χ2n) is 6.25. The van der Waals surface area contributed by atoms with Crippen molar-refractivity contribution in [1.29, 1.82) is 0 Å². The monoisotopic (exact) mass is 324 g/mol. The zero-order valence-corrected chi connectivity index (χ0v) is 13.3. The maximum atomic E-state index is 11.0. The predicted octanol–water partition coefficient (Wildman–Crippen LogP) is 2.27. The Morgan fingerprint density at radius 3 is 2.92 bits per heavy atom. The summed E-state index contributed by atoms with van der Waals surface area (Å²) in [4.78, 5) is 3.97. The van der Waals surface area contributed by atoms with E-state index in [2.05, 4.69) is 22.2 Å². The van der Waals surface area contributed by atoms with Crippen LogP contribution in [0.2, 0.25) is 0 Å². The predicted molar refractivity (Wildman–Crippen MR) is 90.2 cm³/mol. The third-order valence-corrected chi connectivity index (χ3v) is 4.65. The molecule has 0 bridgehead atoms. The number of aryl methyl sites for hydroxylation is 1. The van der Waals surface area contributed by atoms with Crippen molar-refractivity contribution < 1.29 is 9.84 Å². The molecular weight excluding hydrogens is 304 g/mol. The van der Waals surface area contributed by atoms with Crippen molar-refractivity contribution in [3.8, 4) is 0 Å². The summed E-state index contributed by atoms with van der Waals surface area (Å²) < 4.78 is 7.61. The van der Waals surface area contributed by atoms with Gasteiger partial charge in [0.25, 0.3) is 0 Å². The van der Waals surface area contributed by atoms with Gasteiger partial charge in [-0.2, -0.15) is 5.10 Å². The maximum absolute atomic E-state index is 11.0. The number of aliphatic hydroxyl groups is 1. The van der Waals surface area contributed by atoms with E-state index in [0.717, 1.165) is 19.3 Å². The summed E-state index contributed by atoms with van der Waals surface area (Å²) >= 11 is 0. The first-order chi connectivity index (χ1) is 11.7. The third-order valence-electron chi connectivity index (χ3n) is 4.65. The number of ether oxygens (including phenoxy) is 1. The molecule has 0 amide bonds. The lowest BCUT2D eigenvalue weighted by molar-refractivity contribution is -0.204. The summed E-state index contributed by atoms with van der Waals surface area (Å²) in [5, 5.41) is 15.2. The van der Waals surface area contributed by atoms with Crippen LogP contribution >= 0.6 is 0 Å². The Bertz CT molecular complexity index is 849. The Hall–Kier alpha value is -2.44. The minimum absolute atomic E-state index is 0.0277. The summed E-state index contributed by atoms with van der Waals surface area (Å²) in [5.74, 6) is -0.937. The fourth-order valence-electron chi connectivity index (χ4n) is 3.36. The van der Waals surface area contributed by atoms with Crippen molar-refractivity contribution >= 4 is 11.3 Å². The molecule has 0 saturated carbocycles. The Balaban J connectivity index is 1.51. The molecule has 2 atom stereocenters. The van der Waals surface area contributed by atoms with E-state index in [9.17, 15) is 5.11 Å². The number of nitrogens with two attached hydrogens (primary N) is 1. The molecule has 124 valence electrons. The molecule has 6 heteroatoms. The van der Waals surface area contributed by atoms with Crippen LogP contribution in [0.15, 0.2) is 48.8 Å². The fraction of sp³-hybridized carbons (Fsp3) is 0.333. The summed E-state index contributed by atoms with van der Waals surface area (Å²) in [6.07, 6.45) is 4.59. The number of nitrogen functional groups attached to an aromatic ring is 1. The molecule has 3 aromatic rings. The van der Waals surface area contributed by atoms with Crippen LogP contribution in [0.3, 0.4) is 0 Å². The number of anilines is 1. The van der Waals surface area contributed by atoms with Crippen LogP contribution in [-0.4, -0.2) is 25.8 Å². The molecule has 2 unspecified atom stereocenters. The third kappa shape index (κ3) is 2.64. The highest BCUT2D eigenvalue weighted by Gasteiger charge is 2.42. The molecule has 1 aromatic carbocycles. The summed E-state index contributed by atoms with van der Waals surface area (Å²) in [5.41, 5.74) is 8.42. The molecular formula is C18H20N4O2. The number of rotatable bonds is 4. The summed E-state index contributed by atoms with van der Waals surface area (Å²) in [7, 11) is 0. The van der Waals surface area contributed by atoms with Gasteiger partial charge in [-0.25, -0.2) is 9.50 Å². The maximum Gasteiger partial charge on any atom is 0.210 e. The van der Waals surface area contributed by atoms with Crippen LogP contribution in [0.4, 0.5) is 5.82 Å². The van der Waals surface area contributed by atoms with Crippen LogP contribution in [0.25, 0.3) is 5.52 Å². The van der Waals surface area contributed by atoms with Crippen molar-refractivity contribution in [1.82, 2.24) is 14.6 Å². The van der Waals surface area contributed by atoms with Crippen molar-refractivity contribution in [2.45, 2.75) is 37.6 Å². The van der Waals surface area contributed by atoms with E-state index < -0.39 is 5.79 Å². The van der Waals surface area contributed by atoms with E-state index in [-0.39, 0.29) is 6.10 Å². The van der Waals surface area contributed by atoms with Crippen LogP contribution in [0, 0.1) is 0 Å². The van der Waals surface area contributed by atoms with Gasteiger partial charge in [0.1, 0.15) is 17.5 Å². The van der Waals surface area contributed by atoms with Gasteiger partial charge in [0.15, 0.2) is 5.82 Å². The van der Waals surface area contributed by atoms with Gasteiger partial charge in [-0.15, -0.1) is 0 Å². The number of aromatic nitrogens is 3. The van der Waals surface area contributed by atoms with Crippen molar-refractivity contribution in [2.24, 2.45) is 0 Å². The first-order valence-corrected chi connectivity index (χ1v) is 8.18. The highest BCUT2D eigenvalue weighted by molar-refractivity contribution is 5.65. The standard InChI is InChI=1S/C18H20N4O2/c19-17-15-8-9-16(22(15)21-12-20-17)18(23)11-10-14(24-18)7-6-13-4-2-1-3-5-13/h1-5,8-9,12,14,23H,6-7,10-11H2,(H2,19,20,21).